The molecule has 1 aromatic heterocycles. The van der Waals surface area contributed by atoms with Crippen LogP contribution in [0.4, 0.5) is 5.69 Å². The van der Waals surface area contributed by atoms with Crippen LogP contribution >= 0.6 is 27.3 Å². The van der Waals surface area contributed by atoms with Gasteiger partial charge in [-0.15, -0.1) is 11.3 Å². The Labute approximate surface area is 124 Å². The van der Waals surface area contributed by atoms with Gasteiger partial charge in [-0.1, -0.05) is 28.9 Å². The molecule has 0 amide bonds. The highest BCUT2D eigenvalue weighted by Crippen LogP contribution is 2.40. The molecule has 0 radical (unpaired) electrons. The molecule has 100 valence electrons. The van der Waals surface area contributed by atoms with E-state index in [1.807, 2.05) is 32.0 Å². The number of aryl methyl sites for hydroxylation is 1. The number of anilines is 1. The number of aromatic carboxylic acids is 1. The van der Waals surface area contributed by atoms with Gasteiger partial charge in [0.25, 0.3) is 0 Å². The largest absolute Gasteiger partial charge is 0.477 e. The van der Waals surface area contributed by atoms with Crippen molar-refractivity contribution in [3.05, 3.63) is 38.7 Å². The molecule has 0 bridgehead atoms. The van der Waals surface area contributed by atoms with Crippen LogP contribution in [-0.2, 0) is 6.42 Å². The van der Waals surface area contributed by atoms with Gasteiger partial charge >= 0.3 is 5.97 Å². The van der Waals surface area contributed by atoms with Crippen molar-refractivity contribution in [1.29, 1.82) is 0 Å². The van der Waals surface area contributed by atoms with Gasteiger partial charge in [0, 0.05) is 9.35 Å². The first-order chi connectivity index (χ1) is 8.93. The van der Waals surface area contributed by atoms with Crippen molar-refractivity contribution in [2.75, 3.05) is 5.73 Å². The van der Waals surface area contributed by atoms with Gasteiger partial charge in [-0.2, -0.15) is 0 Å². The third-order valence-electron chi connectivity index (χ3n) is 2.90. The predicted octanol–water partition coefficient (Wildman–Crippen LogP) is 4.33. The summed E-state index contributed by atoms with van der Waals surface area (Å²) >= 11 is 4.71. The average molecular weight is 340 g/mol. The number of carbonyl (C=O) groups is 1. The fraction of sp³-hybridized carbons (Fsp3) is 0.214. The number of hydrogen-bond donors (Lipinski definition) is 2. The molecule has 3 N–H and O–H groups in total. The Morgan fingerprint density at radius 1 is 1.42 bits per heavy atom. The van der Waals surface area contributed by atoms with Gasteiger partial charge in [0.2, 0.25) is 0 Å². The van der Waals surface area contributed by atoms with E-state index < -0.39 is 5.97 Å². The van der Waals surface area contributed by atoms with E-state index in [4.69, 9.17) is 5.73 Å². The molecule has 2 aromatic rings. The predicted molar refractivity (Wildman–Crippen MR) is 82.9 cm³/mol. The summed E-state index contributed by atoms with van der Waals surface area (Å²) in [7, 11) is 0. The lowest BCUT2D eigenvalue weighted by atomic mass is 10.0. The minimum atomic E-state index is -0.963. The summed E-state index contributed by atoms with van der Waals surface area (Å²) in [5, 5.41) is 9.18. The second-order valence-corrected chi connectivity index (χ2v) is 6.26. The number of benzene rings is 1. The second kappa shape index (κ2) is 5.35. The molecule has 1 heterocycles. The van der Waals surface area contributed by atoms with Crippen LogP contribution < -0.4 is 5.73 Å². The highest BCUT2D eigenvalue weighted by molar-refractivity contribution is 9.10. The Balaban J connectivity index is 2.67. The first-order valence-electron chi connectivity index (χ1n) is 5.86. The minimum absolute atomic E-state index is 0.226. The molecule has 0 fully saturated rings. The molecule has 0 aliphatic carbocycles. The first-order valence-corrected chi connectivity index (χ1v) is 7.47. The number of rotatable bonds is 3. The van der Waals surface area contributed by atoms with E-state index in [1.165, 1.54) is 11.3 Å². The Kier molecular flexibility index (Phi) is 3.96. The topological polar surface area (TPSA) is 63.3 Å². The maximum atomic E-state index is 11.2. The van der Waals surface area contributed by atoms with Crippen LogP contribution in [0.5, 0.6) is 0 Å². The molecule has 1 aromatic carbocycles. The highest BCUT2D eigenvalue weighted by Gasteiger charge is 2.20. The van der Waals surface area contributed by atoms with Crippen molar-refractivity contribution in [3.8, 4) is 10.4 Å². The maximum Gasteiger partial charge on any atom is 0.348 e. The van der Waals surface area contributed by atoms with Gasteiger partial charge in [-0.25, -0.2) is 4.79 Å². The zero-order valence-corrected chi connectivity index (χ0v) is 13.1. The van der Waals surface area contributed by atoms with Crippen molar-refractivity contribution in [1.82, 2.24) is 0 Å². The fourth-order valence-corrected chi connectivity index (χ4v) is 3.83. The van der Waals surface area contributed by atoms with Crippen LogP contribution in [0.15, 0.2) is 22.7 Å². The molecule has 0 spiro atoms. The molecule has 0 aliphatic rings. The van der Waals surface area contributed by atoms with Crippen LogP contribution in [0.25, 0.3) is 10.4 Å². The van der Waals surface area contributed by atoms with Gasteiger partial charge in [0.1, 0.15) is 4.88 Å². The molecular weight excluding hydrogens is 326 g/mol. The fourth-order valence-electron chi connectivity index (χ4n) is 2.09. The Hall–Kier alpha value is -1.33. The summed E-state index contributed by atoms with van der Waals surface area (Å²) in [5.41, 5.74) is 9.39. The zero-order valence-electron chi connectivity index (χ0n) is 10.7. The van der Waals surface area contributed by atoms with Crippen molar-refractivity contribution in [3.63, 3.8) is 0 Å². The number of nitrogen functional groups attached to an aromatic ring is 1. The molecule has 19 heavy (non-hydrogen) atoms. The van der Waals surface area contributed by atoms with E-state index in [0.717, 1.165) is 32.5 Å². The summed E-state index contributed by atoms with van der Waals surface area (Å²) in [6.45, 7) is 3.99. The van der Waals surface area contributed by atoms with E-state index >= 15 is 0 Å². The van der Waals surface area contributed by atoms with Crippen molar-refractivity contribution in [2.24, 2.45) is 0 Å². The van der Waals surface area contributed by atoms with E-state index in [0.29, 0.717) is 5.69 Å². The average Bonchev–Trinajstić information content (AvgIpc) is 2.65. The molecule has 2 rings (SSSR count). The van der Waals surface area contributed by atoms with E-state index in [1.54, 1.807) is 0 Å². The van der Waals surface area contributed by atoms with Gasteiger partial charge in [0.15, 0.2) is 0 Å². The van der Waals surface area contributed by atoms with Crippen molar-refractivity contribution >= 4 is 38.9 Å². The van der Waals surface area contributed by atoms with E-state index in [-0.39, 0.29) is 4.88 Å². The number of hydrogen-bond acceptors (Lipinski definition) is 3. The monoisotopic (exact) mass is 339 g/mol. The van der Waals surface area contributed by atoms with Crippen LogP contribution in [0.3, 0.4) is 0 Å². The van der Waals surface area contributed by atoms with Crippen LogP contribution in [0.1, 0.15) is 27.7 Å². The Morgan fingerprint density at radius 2 is 2.11 bits per heavy atom. The summed E-state index contributed by atoms with van der Waals surface area (Å²) < 4.78 is 0.980. The number of halogens is 1. The van der Waals surface area contributed by atoms with Gasteiger partial charge in [-0.05, 0) is 42.2 Å². The smallest absolute Gasteiger partial charge is 0.348 e. The number of thiophene rings is 1. The van der Waals surface area contributed by atoms with Gasteiger partial charge < -0.3 is 10.8 Å². The summed E-state index contributed by atoms with van der Waals surface area (Å²) in [6.07, 6.45) is 0.719. The Bertz CT molecular complexity index is 629. The van der Waals surface area contributed by atoms with Gasteiger partial charge in [0.05, 0.1) is 5.69 Å². The normalized spacial score (nSPS) is 10.7. The third kappa shape index (κ3) is 2.67. The molecule has 0 saturated carbocycles. The SMILES string of the molecule is CCc1c(-c2cc(C)cc(Br)c2)sc(C(=O)O)c1N. The highest BCUT2D eigenvalue weighted by atomic mass is 79.9. The number of carboxylic acid groups (broad SMARTS) is 1. The standard InChI is InChI=1S/C14H14BrNO2S/c1-3-10-11(16)13(14(17)18)19-12(10)8-4-7(2)5-9(15)6-8/h4-6H,3,16H2,1-2H3,(H,17,18). The van der Waals surface area contributed by atoms with Gasteiger partial charge in [-0.3, -0.25) is 0 Å². The zero-order chi connectivity index (χ0) is 14.2. The van der Waals surface area contributed by atoms with Crippen molar-refractivity contribution in [2.45, 2.75) is 20.3 Å². The van der Waals surface area contributed by atoms with E-state index in [9.17, 15) is 9.90 Å². The van der Waals surface area contributed by atoms with E-state index in [2.05, 4.69) is 15.9 Å². The van der Waals surface area contributed by atoms with Crippen LogP contribution in [0.2, 0.25) is 0 Å². The lowest BCUT2D eigenvalue weighted by molar-refractivity contribution is 0.0703. The summed E-state index contributed by atoms with van der Waals surface area (Å²) in [4.78, 5) is 12.4. The molecular formula is C14H14BrNO2S. The third-order valence-corrected chi connectivity index (χ3v) is 4.64. The lowest BCUT2D eigenvalue weighted by Gasteiger charge is -2.05. The quantitative estimate of drug-likeness (QED) is 0.874. The maximum absolute atomic E-state index is 11.2. The summed E-state index contributed by atoms with van der Waals surface area (Å²) in [5.74, 6) is -0.963. The van der Waals surface area contributed by atoms with Crippen LogP contribution in [-0.4, -0.2) is 11.1 Å². The molecule has 0 saturated heterocycles. The lowest BCUT2D eigenvalue weighted by Crippen LogP contribution is -1.99. The second-order valence-electron chi connectivity index (χ2n) is 4.33. The molecule has 0 unspecified atom stereocenters. The summed E-state index contributed by atoms with van der Waals surface area (Å²) in [6, 6.07) is 6.05. The first kappa shape index (κ1) is 14.1. The number of nitrogens with two attached hydrogens (primary N) is 1. The molecule has 5 heteroatoms. The van der Waals surface area contributed by atoms with Crippen molar-refractivity contribution < 1.29 is 9.90 Å². The molecule has 0 aliphatic heterocycles. The minimum Gasteiger partial charge on any atom is -0.477 e. The molecule has 0 atom stereocenters. The van der Waals surface area contributed by atoms with Crippen LogP contribution in [0, 0.1) is 6.92 Å². The Morgan fingerprint density at radius 3 is 2.63 bits per heavy atom. The molecule has 3 nitrogen and oxygen atoms in total. The number of carboxylic acids is 1.